The van der Waals surface area contributed by atoms with Gasteiger partial charge in [-0.05, 0) is 37.5 Å². The van der Waals surface area contributed by atoms with E-state index in [9.17, 15) is 43.2 Å². The van der Waals surface area contributed by atoms with Crippen molar-refractivity contribution in [2.24, 2.45) is 11.8 Å². The minimum absolute atomic E-state index is 0.108. The molecule has 3 N–H and O–H groups in total. The Balaban J connectivity index is 5.26. The van der Waals surface area contributed by atoms with Gasteiger partial charge in [0.1, 0.15) is 19.3 Å². The van der Waals surface area contributed by atoms with Crippen LogP contribution in [0.5, 0.6) is 0 Å². The summed E-state index contributed by atoms with van der Waals surface area (Å²) in [5.41, 5.74) is 0. The molecule has 0 fully saturated rings. The van der Waals surface area contributed by atoms with E-state index < -0.39 is 97.5 Å². The molecule has 0 aliphatic carbocycles. The Morgan fingerprint density at radius 1 is 0.287 bits per heavy atom. The van der Waals surface area contributed by atoms with Crippen LogP contribution >= 0.6 is 15.6 Å². The van der Waals surface area contributed by atoms with Crippen molar-refractivity contribution in [1.82, 2.24) is 0 Å². The maximum absolute atomic E-state index is 13.1. The Bertz CT molecular complexity index is 1940. The van der Waals surface area contributed by atoms with Crippen molar-refractivity contribution in [3.05, 3.63) is 0 Å². The highest BCUT2D eigenvalue weighted by Crippen LogP contribution is 2.45. The summed E-state index contributed by atoms with van der Waals surface area (Å²) in [6, 6.07) is 0. The molecule has 19 heteroatoms. The van der Waals surface area contributed by atoms with Crippen molar-refractivity contribution >= 4 is 39.5 Å². The number of phosphoric ester groups is 2. The largest absolute Gasteiger partial charge is 0.472 e. The smallest absolute Gasteiger partial charge is 0.462 e. The van der Waals surface area contributed by atoms with Crippen LogP contribution in [0.3, 0.4) is 0 Å². The van der Waals surface area contributed by atoms with Gasteiger partial charge in [-0.3, -0.25) is 37.3 Å². The zero-order chi connectivity index (χ0) is 74.2. The van der Waals surface area contributed by atoms with Gasteiger partial charge in [0.25, 0.3) is 0 Å². The number of hydrogen-bond acceptors (Lipinski definition) is 15. The maximum atomic E-state index is 13.1. The van der Waals surface area contributed by atoms with Crippen molar-refractivity contribution in [1.29, 1.82) is 0 Å². The summed E-state index contributed by atoms with van der Waals surface area (Å²) in [6.07, 6.45) is 63.7. The first kappa shape index (κ1) is 99.1. The molecule has 0 aliphatic rings. The Labute approximate surface area is 619 Å². The third-order valence-electron chi connectivity index (χ3n) is 19.6. The normalized spacial score (nSPS) is 14.2. The van der Waals surface area contributed by atoms with Crippen molar-refractivity contribution in [3.8, 4) is 0 Å². The lowest BCUT2D eigenvalue weighted by Crippen LogP contribution is -2.30. The lowest BCUT2D eigenvalue weighted by atomic mass is 9.99. The lowest BCUT2D eigenvalue weighted by Gasteiger charge is -2.21. The lowest BCUT2D eigenvalue weighted by molar-refractivity contribution is -0.161. The number of carbonyl (C=O) groups excluding carboxylic acids is 4. The fraction of sp³-hybridized carbons (Fsp3) is 0.951. The van der Waals surface area contributed by atoms with Gasteiger partial charge in [-0.1, -0.05) is 382 Å². The van der Waals surface area contributed by atoms with E-state index in [0.717, 1.165) is 102 Å². The molecule has 0 saturated carbocycles. The molecule has 0 rings (SSSR count). The molecule has 6 atom stereocenters. The van der Waals surface area contributed by atoms with E-state index in [2.05, 4.69) is 41.5 Å². The van der Waals surface area contributed by atoms with E-state index in [0.29, 0.717) is 25.7 Å². The molecule has 3 unspecified atom stereocenters. The Morgan fingerprint density at radius 3 is 0.752 bits per heavy atom. The number of unbranched alkanes of at least 4 members (excludes halogenated alkanes) is 50. The standard InChI is InChI=1S/C82H160O17P2/c1-7-10-12-14-16-18-20-22-24-25-26-27-29-31-37-41-49-55-61-67-81(86)98-77(70-92-79(84)64-58-52-46-39-35-33-32-34-38-44-50-56-62-74(4)5)72-96-100(88,89)94-68-76(83)69-95-101(90,91)97-73-78(71-93-80(85)65-59-53-47-43-42-45-51-57-63-75(6)9-3)99-82(87)66-60-54-48-40-36-30-28-23-21-19-17-15-13-11-8-2/h74-78,83H,7-73H2,1-6H3,(H,88,89)(H,90,91)/t75?,76-,77-,78-/m1/s1. The second-order valence-corrected chi connectivity index (χ2v) is 33.1. The zero-order valence-electron chi connectivity index (χ0n) is 66.2. The first-order chi connectivity index (χ1) is 48.9. The van der Waals surface area contributed by atoms with E-state index in [1.165, 1.54) is 250 Å². The van der Waals surface area contributed by atoms with Crippen LogP contribution in [0.25, 0.3) is 0 Å². The van der Waals surface area contributed by atoms with Gasteiger partial charge >= 0.3 is 39.5 Å². The monoisotopic (exact) mass is 1480 g/mol. The molecule has 0 radical (unpaired) electrons. The van der Waals surface area contributed by atoms with Gasteiger partial charge in [-0.25, -0.2) is 9.13 Å². The fourth-order valence-electron chi connectivity index (χ4n) is 12.7. The van der Waals surface area contributed by atoms with E-state index in [1.54, 1.807) is 0 Å². The molecule has 17 nitrogen and oxygen atoms in total. The minimum atomic E-state index is -4.96. The van der Waals surface area contributed by atoms with Crippen molar-refractivity contribution in [3.63, 3.8) is 0 Å². The van der Waals surface area contributed by atoms with Crippen molar-refractivity contribution in [2.75, 3.05) is 39.6 Å². The number of aliphatic hydroxyl groups is 1. The van der Waals surface area contributed by atoms with E-state index in [4.69, 9.17) is 37.0 Å². The van der Waals surface area contributed by atoms with Gasteiger partial charge < -0.3 is 33.8 Å². The van der Waals surface area contributed by atoms with E-state index >= 15 is 0 Å². The van der Waals surface area contributed by atoms with Crippen LogP contribution in [0, 0.1) is 11.8 Å². The molecule has 0 spiro atoms. The van der Waals surface area contributed by atoms with Crippen molar-refractivity contribution < 1.29 is 80.2 Å². The van der Waals surface area contributed by atoms with Gasteiger partial charge in [-0.15, -0.1) is 0 Å². The predicted octanol–water partition coefficient (Wildman–Crippen LogP) is 24.7. The van der Waals surface area contributed by atoms with Crippen LogP contribution in [-0.2, 0) is 65.4 Å². The van der Waals surface area contributed by atoms with Crippen LogP contribution in [0.4, 0.5) is 0 Å². The number of ether oxygens (including phenoxy) is 4. The first-order valence-corrected chi connectivity index (χ1v) is 45.5. The summed E-state index contributed by atoms with van der Waals surface area (Å²) in [5, 5.41) is 10.7. The summed E-state index contributed by atoms with van der Waals surface area (Å²) in [7, 11) is -9.92. The highest BCUT2D eigenvalue weighted by molar-refractivity contribution is 7.47. The number of aliphatic hydroxyl groups excluding tert-OH is 1. The van der Waals surface area contributed by atoms with Crippen LogP contribution in [0.1, 0.15) is 433 Å². The van der Waals surface area contributed by atoms with Gasteiger partial charge in [0.05, 0.1) is 26.4 Å². The van der Waals surface area contributed by atoms with Gasteiger partial charge in [0.2, 0.25) is 0 Å². The average Bonchev–Trinajstić information content (AvgIpc) is 1.13. The molecule has 600 valence electrons. The van der Waals surface area contributed by atoms with Gasteiger partial charge in [0.15, 0.2) is 12.2 Å². The molecule has 0 aliphatic heterocycles. The molecule has 0 saturated heterocycles. The third kappa shape index (κ3) is 74.7. The molecule has 0 bridgehead atoms. The summed E-state index contributed by atoms with van der Waals surface area (Å²) in [4.78, 5) is 73.1. The Hall–Kier alpha value is -1.94. The topological polar surface area (TPSA) is 237 Å². The summed E-state index contributed by atoms with van der Waals surface area (Å²) >= 11 is 0. The molecule has 0 aromatic rings. The van der Waals surface area contributed by atoms with Crippen LogP contribution in [0.2, 0.25) is 0 Å². The Kier molecular flexibility index (Phi) is 72.2. The second kappa shape index (κ2) is 73.6. The molecule has 0 amide bonds. The molecular formula is C82H160O17P2. The van der Waals surface area contributed by atoms with Crippen LogP contribution in [0.15, 0.2) is 0 Å². The molecule has 101 heavy (non-hydrogen) atoms. The zero-order valence-corrected chi connectivity index (χ0v) is 68.0. The molecule has 0 aromatic carbocycles. The molecule has 0 aromatic heterocycles. The number of phosphoric acid groups is 2. The van der Waals surface area contributed by atoms with Crippen LogP contribution in [-0.4, -0.2) is 96.7 Å². The number of esters is 4. The fourth-order valence-corrected chi connectivity index (χ4v) is 14.3. The molecule has 0 heterocycles. The van der Waals surface area contributed by atoms with E-state index in [1.807, 2.05) is 0 Å². The Morgan fingerprint density at radius 2 is 0.505 bits per heavy atom. The number of carbonyl (C=O) groups is 4. The first-order valence-electron chi connectivity index (χ1n) is 42.5. The van der Waals surface area contributed by atoms with Crippen LogP contribution < -0.4 is 0 Å². The summed E-state index contributed by atoms with van der Waals surface area (Å²) < 4.78 is 68.8. The summed E-state index contributed by atoms with van der Waals surface area (Å²) in [6.45, 7) is 9.66. The highest BCUT2D eigenvalue weighted by atomic mass is 31.2. The maximum Gasteiger partial charge on any atom is 0.472 e. The number of hydrogen-bond donors (Lipinski definition) is 3. The van der Waals surface area contributed by atoms with Crippen molar-refractivity contribution in [2.45, 2.75) is 452 Å². The highest BCUT2D eigenvalue weighted by Gasteiger charge is 2.30. The predicted molar refractivity (Wildman–Crippen MR) is 414 cm³/mol. The third-order valence-corrected chi connectivity index (χ3v) is 21.5. The quantitative estimate of drug-likeness (QED) is 0.0222. The van der Waals surface area contributed by atoms with Gasteiger partial charge in [-0.2, -0.15) is 0 Å². The SMILES string of the molecule is CCCCCCCCCCCCCCCCCCCCCC(=O)O[C@H](COC(=O)CCCCCCCCCCCCCCC(C)C)COP(=O)(O)OC[C@@H](O)COP(=O)(O)OC[C@@H](COC(=O)CCCCCCCCCCC(C)CC)OC(=O)CCCCCCCCCCCCCCCCC. The van der Waals surface area contributed by atoms with E-state index in [-0.39, 0.29) is 25.7 Å². The summed E-state index contributed by atoms with van der Waals surface area (Å²) in [5.74, 6) is -0.546. The minimum Gasteiger partial charge on any atom is -0.462 e. The average molecular weight is 1480 g/mol. The van der Waals surface area contributed by atoms with Gasteiger partial charge in [0, 0.05) is 25.7 Å². The molecular weight excluding hydrogens is 1320 g/mol. The number of rotatable bonds is 81. The second-order valence-electron chi connectivity index (χ2n) is 30.2.